The first-order valence-corrected chi connectivity index (χ1v) is 11.1. The van der Waals surface area contributed by atoms with E-state index in [9.17, 15) is 23.6 Å². The van der Waals surface area contributed by atoms with Crippen molar-refractivity contribution in [1.29, 1.82) is 5.26 Å². The smallest absolute Gasteiger partial charge is 0.271 e. The van der Waals surface area contributed by atoms with Crippen molar-refractivity contribution in [3.05, 3.63) is 63.6 Å². The van der Waals surface area contributed by atoms with Crippen LogP contribution in [0.2, 0.25) is 0 Å². The van der Waals surface area contributed by atoms with Crippen LogP contribution in [0.25, 0.3) is 10.9 Å². The lowest BCUT2D eigenvalue weighted by Gasteiger charge is -2.18. The molecular formula is C21H18N4O4S. The van der Waals surface area contributed by atoms with Gasteiger partial charge in [-0.15, -0.1) is 0 Å². The highest BCUT2D eigenvalue weighted by Gasteiger charge is 2.33. The van der Waals surface area contributed by atoms with Crippen molar-refractivity contribution in [2.24, 2.45) is 4.99 Å². The summed E-state index contributed by atoms with van der Waals surface area (Å²) in [6.45, 7) is 1.56. The van der Waals surface area contributed by atoms with Crippen LogP contribution in [-0.2, 0) is 9.84 Å². The van der Waals surface area contributed by atoms with Crippen molar-refractivity contribution in [3.63, 3.8) is 0 Å². The first-order chi connectivity index (χ1) is 14.3. The number of aliphatic imine (C=N–C) groups is 1. The summed E-state index contributed by atoms with van der Waals surface area (Å²) in [5.41, 5.74) is 1.03. The average Bonchev–Trinajstić information content (AvgIpc) is 3.07. The van der Waals surface area contributed by atoms with Gasteiger partial charge in [0.1, 0.15) is 11.6 Å². The Morgan fingerprint density at radius 3 is 2.83 bits per heavy atom. The molecule has 2 aromatic heterocycles. The zero-order valence-corrected chi connectivity index (χ0v) is 16.9. The van der Waals surface area contributed by atoms with E-state index in [1.165, 1.54) is 6.21 Å². The highest BCUT2D eigenvalue weighted by atomic mass is 32.2. The monoisotopic (exact) mass is 422 g/mol. The molecule has 0 bridgehead atoms. The molecular weight excluding hydrogens is 404 g/mol. The fourth-order valence-corrected chi connectivity index (χ4v) is 5.45. The number of aromatic nitrogens is 2. The minimum absolute atomic E-state index is 0.0638. The van der Waals surface area contributed by atoms with Gasteiger partial charge < -0.3 is 5.11 Å². The van der Waals surface area contributed by atoms with Gasteiger partial charge in [0.25, 0.3) is 5.56 Å². The van der Waals surface area contributed by atoms with Crippen molar-refractivity contribution < 1.29 is 13.5 Å². The van der Waals surface area contributed by atoms with Gasteiger partial charge >= 0.3 is 0 Å². The Kier molecular flexibility index (Phi) is 4.87. The fourth-order valence-electron chi connectivity index (χ4n) is 3.75. The molecule has 3 aromatic rings. The summed E-state index contributed by atoms with van der Waals surface area (Å²) in [4.78, 5) is 21.5. The maximum Gasteiger partial charge on any atom is 0.271 e. The summed E-state index contributed by atoms with van der Waals surface area (Å²) in [6.07, 6.45) is 3.28. The van der Waals surface area contributed by atoms with Crippen molar-refractivity contribution in [2.45, 2.75) is 19.4 Å². The third-order valence-corrected chi connectivity index (χ3v) is 7.07. The molecule has 152 valence electrons. The zero-order chi connectivity index (χ0) is 21.5. The fraction of sp³-hybridized carbons (Fsp3) is 0.238. The van der Waals surface area contributed by atoms with Gasteiger partial charge in [0.15, 0.2) is 9.84 Å². The second kappa shape index (κ2) is 7.39. The van der Waals surface area contributed by atoms with Crippen molar-refractivity contribution in [2.75, 3.05) is 11.5 Å². The van der Waals surface area contributed by atoms with Crippen LogP contribution in [0.1, 0.15) is 29.2 Å². The molecule has 1 atom stereocenters. The summed E-state index contributed by atoms with van der Waals surface area (Å²) in [6, 6.07) is 10.3. The van der Waals surface area contributed by atoms with Gasteiger partial charge in [0.05, 0.1) is 34.3 Å². The lowest BCUT2D eigenvalue weighted by Crippen LogP contribution is -2.29. The molecule has 0 spiro atoms. The SMILES string of the molecule is Cc1c(C=Nc2cccc3ncccc23)c(O)n([C@@H]2CCS(=O)(=O)C2)c(=O)c1C#N. The molecule has 1 saturated heterocycles. The van der Waals surface area contributed by atoms with Gasteiger partial charge in [0.2, 0.25) is 5.88 Å². The first kappa shape index (κ1) is 19.8. The number of hydrogen-bond acceptors (Lipinski definition) is 7. The standard InChI is InChI=1S/C21H18N4O4S/c1-13-16(10-22)20(26)25(14-7-9-30(28,29)12-14)21(27)17(13)11-24-19-6-2-5-18-15(19)4-3-8-23-18/h2-6,8,11,14,27H,7,9,12H2,1H3/t14-/m1/s1. The second-order valence-corrected chi connectivity index (χ2v) is 9.42. The van der Waals surface area contributed by atoms with E-state index in [4.69, 9.17) is 0 Å². The van der Waals surface area contributed by atoms with Crippen LogP contribution in [-0.4, -0.2) is 40.8 Å². The molecule has 1 aliphatic heterocycles. The van der Waals surface area contributed by atoms with E-state index in [0.717, 1.165) is 15.5 Å². The summed E-state index contributed by atoms with van der Waals surface area (Å²) in [5, 5.41) is 21.2. The van der Waals surface area contributed by atoms with Crippen LogP contribution in [0.3, 0.4) is 0 Å². The van der Waals surface area contributed by atoms with Crippen LogP contribution in [0.5, 0.6) is 5.88 Å². The molecule has 0 radical (unpaired) electrons. The van der Waals surface area contributed by atoms with E-state index in [-0.39, 0.29) is 34.9 Å². The summed E-state index contributed by atoms with van der Waals surface area (Å²) < 4.78 is 24.8. The molecule has 4 rings (SSSR count). The summed E-state index contributed by atoms with van der Waals surface area (Å²) >= 11 is 0. The number of sulfone groups is 1. The van der Waals surface area contributed by atoms with E-state index >= 15 is 0 Å². The number of benzene rings is 1. The maximum atomic E-state index is 12.8. The molecule has 1 aromatic carbocycles. The van der Waals surface area contributed by atoms with Gasteiger partial charge in [-0.05, 0) is 43.2 Å². The minimum Gasteiger partial charge on any atom is -0.494 e. The Balaban J connectivity index is 1.88. The molecule has 1 aliphatic rings. The molecule has 0 amide bonds. The van der Waals surface area contributed by atoms with Crippen LogP contribution in [0, 0.1) is 18.3 Å². The number of nitriles is 1. The first-order valence-electron chi connectivity index (χ1n) is 9.29. The van der Waals surface area contributed by atoms with Crippen LogP contribution >= 0.6 is 0 Å². The van der Waals surface area contributed by atoms with Crippen molar-refractivity contribution >= 4 is 32.6 Å². The maximum absolute atomic E-state index is 12.8. The van der Waals surface area contributed by atoms with Gasteiger partial charge in [-0.1, -0.05) is 6.07 Å². The molecule has 1 fully saturated rings. The largest absolute Gasteiger partial charge is 0.494 e. The molecule has 8 nitrogen and oxygen atoms in total. The third kappa shape index (κ3) is 3.35. The number of fused-ring (bicyclic) bond motifs is 1. The number of hydrogen-bond donors (Lipinski definition) is 1. The van der Waals surface area contributed by atoms with Gasteiger partial charge in [0, 0.05) is 17.8 Å². The van der Waals surface area contributed by atoms with Crippen LogP contribution in [0.4, 0.5) is 5.69 Å². The summed E-state index contributed by atoms with van der Waals surface area (Å²) in [7, 11) is -3.29. The normalized spacial score (nSPS) is 18.1. The minimum atomic E-state index is -3.29. The number of nitrogens with zero attached hydrogens (tertiary/aromatic N) is 4. The van der Waals surface area contributed by atoms with E-state index in [2.05, 4.69) is 9.98 Å². The lowest BCUT2D eigenvalue weighted by atomic mass is 10.0. The number of rotatable bonds is 3. The van der Waals surface area contributed by atoms with Crippen LogP contribution in [0.15, 0.2) is 46.3 Å². The Morgan fingerprint density at radius 1 is 1.33 bits per heavy atom. The van der Waals surface area contributed by atoms with Gasteiger partial charge in [-0.25, -0.2) is 8.42 Å². The Hall–Kier alpha value is -3.51. The number of aromatic hydroxyl groups is 1. The van der Waals surface area contributed by atoms with E-state index in [0.29, 0.717) is 11.3 Å². The molecule has 0 saturated carbocycles. The topological polar surface area (TPSA) is 125 Å². The molecule has 0 aliphatic carbocycles. The second-order valence-electron chi connectivity index (χ2n) is 7.19. The van der Waals surface area contributed by atoms with Crippen molar-refractivity contribution in [1.82, 2.24) is 9.55 Å². The van der Waals surface area contributed by atoms with E-state index in [1.54, 1.807) is 31.3 Å². The predicted octanol–water partition coefficient (Wildman–Crippen LogP) is 2.39. The highest BCUT2D eigenvalue weighted by Crippen LogP contribution is 2.30. The predicted molar refractivity (Wildman–Crippen MR) is 113 cm³/mol. The average molecular weight is 422 g/mol. The quantitative estimate of drug-likeness (QED) is 0.646. The molecule has 1 N–H and O–H groups in total. The Morgan fingerprint density at radius 2 is 2.13 bits per heavy atom. The molecule has 9 heteroatoms. The van der Waals surface area contributed by atoms with E-state index in [1.807, 2.05) is 18.2 Å². The zero-order valence-electron chi connectivity index (χ0n) is 16.1. The number of pyridine rings is 2. The molecule has 30 heavy (non-hydrogen) atoms. The molecule has 3 heterocycles. The lowest BCUT2D eigenvalue weighted by molar-refractivity contribution is 0.379. The van der Waals surface area contributed by atoms with E-state index < -0.39 is 21.4 Å². The van der Waals surface area contributed by atoms with Crippen LogP contribution < -0.4 is 5.56 Å². The van der Waals surface area contributed by atoms with Crippen molar-refractivity contribution in [3.8, 4) is 11.9 Å². The molecule has 0 unspecified atom stereocenters. The highest BCUT2D eigenvalue weighted by molar-refractivity contribution is 7.91. The van der Waals surface area contributed by atoms with Gasteiger partial charge in [-0.2, -0.15) is 5.26 Å². The Bertz CT molecular complexity index is 1400. The Labute approximate surface area is 172 Å². The summed E-state index contributed by atoms with van der Waals surface area (Å²) in [5.74, 6) is -0.702. The third-order valence-electron chi connectivity index (χ3n) is 5.32. The van der Waals surface area contributed by atoms with Gasteiger partial charge in [-0.3, -0.25) is 19.3 Å².